The second-order valence-corrected chi connectivity index (χ2v) is 19.6. The Morgan fingerprint density at radius 1 is 0.873 bits per heavy atom. The largest absolute Gasteiger partial charge is 0.459 e. The van der Waals surface area contributed by atoms with Crippen LogP contribution >= 0.6 is 0 Å². The molecule has 63 heavy (non-hydrogen) atoms. The lowest BCUT2D eigenvalue weighted by atomic mass is 9.73. The van der Waals surface area contributed by atoms with Crippen molar-refractivity contribution in [2.24, 2.45) is 23.7 Å². The van der Waals surface area contributed by atoms with Gasteiger partial charge in [0.2, 0.25) is 0 Å². The Bertz CT molecular complexity index is 1570. The van der Waals surface area contributed by atoms with Gasteiger partial charge in [0.15, 0.2) is 12.6 Å². The minimum absolute atomic E-state index is 0.0944. The zero-order valence-corrected chi connectivity index (χ0v) is 40.3. The van der Waals surface area contributed by atoms with E-state index in [2.05, 4.69) is 17.4 Å². The van der Waals surface area contributed by atoms with E-state index < -0.39 is 102 Å². The zero-order chi connectivity index (χ0) is 47.0. The van der Waals surface area contributed by atoms with Crippen molar-refractivity contribution >= 4 is 11.8 Å². The third kappa shape index (κ3) is 13.1. The maximum Gasteiger partial charge on any atom is 0.311 e. The van der Waals surface area contributed by atoms with Crippen molar-refractivity contribution in [2.45, 2.75) is 192 Å². The summed E-state index contributed by atoms with van der Waals surface area (Å²) in [4.78, 5) is 30.8. The number of rotatable bonds is 15. The molecular formula is C48H82N2O13. The highest BCUT2D eigenvalue weighted by atomic mass is 16.7. The number of aryl methyl sites for hydroxylation is 1. The van der Waals surface area contributed by atoms with Gasteiger partial charge in [0.1, 0.15) is 29.7 Å². The molecular weight excluding hydrogens is 813 g/mol. The third-order valence-electron chi connectivity index (χ3n) is 14.2. The van der Waals surface area contributed by atoms with Gasteiger partial charge in [0, 0.05) is 43.9 Å². The first-order chi connectivity index (χ1) is 29.5. The molecule has 0 aliphatic carbocycles. The summed E-state index contributed by atoms with van der Waals surface area (Å²) in [5, 5.41) is 50.0. The summed E-state index contributed by atoms with van der Waals surface area (Å²) >= 11 is 0. The normalized spacial score (nSPS) is 42.5. The van der Waals surface area contributed by atoms with Crippen LogP contribution in [0.4, 0.5) is 0 Å². The molecule has 1 aromatic rings. The topological polar surface area (TPSA) is 195 Å². The van der Waals surface area contributed by atoms with E-state index in [1.807, 2.05) is 58.0 Å². The van der Waals surface area contributed by atoms with E-state index in [1.54, 1.807) is 41.5 Å². The Balaban J connectivity index is 1.82. The van der Waals surface area contributed by atoms with E-state index in [0.717, 1.165) is 19.4 Å². The van der Waals surface area contributed by atoms with Crippen molar-refractivity contribution in [1.29, 1.82) is 0 Å². The summed E-state index contributed by atoms with van der Waals surface area (Å²) in [7, 11) is 5.30. The number of Topliss-reactive ketones (excluding diaryl/α,β-unsaturated/α-hetero) is 1. The molecule has 3 heterocycles. The minimum Gasteiger partial charge on any atom is -0.459 e. The monoisotopic (exact) mass is 895 g/mol. The molecule has 15 nitrogen and oxygen atoms in total. The number of ketones is 1. The lowest BCUT2D eigenvalue weighted by Gasteiger charge is -2.50. The molecule has 0 radical (unpaired) electrons. The molecule has 1 aromatic carbocycles. The van der Waals surface area contributed by atoms with Crippen LogP contribution in [0.1, 0.15) is 107 Å². The summed E-state index contributed by atoms with van der Waals surface area (Å²) in [6.07, 6.45) is -7.22. The zero-order valence-electron chi connectivity index (χ0n) is 40.3. The molecule has 0 bridgehead atoms. The first-order valence-corrected chi connectivity index (χ1v) is 23.2. The van der Waals surface area contributed by atoms with E-state index in [0.29, 0.717) is 13.0 Å². The number of likely N-dealkylation sites (N-methyl/N-ethyl adjacent to an activating group) is 1. The van der Waals surface area contributed by atoms with Crippen molar-refractivity contribution in [3.8, 4) is 0 Å². The molecule has 4 rings (SSSR count). The predicted octanol–water partition coefficient (Wildman–Crippen LogP) is 4.03. The Hall–Kier alpha value is -2.12. The van der Waals surface area contributed by atoms with Crippen LogP contribution in [0, 0.1) is 23.7 Å². The minimum atomic E-state index is -1.99. The number of carbonyl (C=O) groups is 2. The van der Waals surface area contributed by atoms with Gasteiger partial charge in [0.05, 0.1) is 54.2 Å². The highest BCUT2D eigenvalue weighted by Gasteiger charge is 2.54. The molecule has 0 amide bonds. The predicted molar refractivity (Wildman–Crippen MR) is 238 cm³/mol. The molecule has 18 atom stereocenters. The number of esters is 1. The van der Waals surface area contributed by atoms with Crippen molar-refractivity contribution in [3.63, 3.8) is 0 Å². The standard InChI is InChI=1S/C48H82N2O13/c1-14-36-48(10,56)41(53)30(4)38(51)28(2)26-47(9,58-24-23-49-22-18-21-34-19-16-15-17-20-34)43(63-45-39(52)35(50(11)12)25-29(3)59-45)31(5)40(32(6)44(55)61-36)62-37-27-46(8,57-13)42(54)33(7)60-37/h15-17,19-20,28-33,35-37,39-43,45,49,52-54,56H,14,18,21-27H2,1-13H3/t28-,29-,30-,31+,32-,33+,35+,36+,37+,39-,40+,41-,42+,43-,45+,46-,47+,48-/m1/s1. The van der Waals surface area contributed by atoms with E-state index in [4.69, 9.17) is 33.2 Å². The molecule has 5 N–H and O–H groups in total. The molecule has 0 unspecified atom stereocenters. The van der Waals surface area contributed by atoms with Gasteiger partial charge in [-0.3, -0.25) is 9.59 Å². The number of nitrogens with zero attached hydrogens (tertiary/aromatic N) is 1. The number of aliphatic hydroxyl groups is 4. The number of carbonyl (C=O) groups excluding carboxylic acids is 2. The van der Waals surface area contributed by atoms with Gasteiger partial charge in [-0.2, -0.15) is 0 Å². The van der Waals surface area contributed by atoms with Crippen LogP contribution in [0.2, 0.25) is 0 Å². The number of cyclic esters (lactones) is 1. The van der Waals surface area contributed by atoms with Gasteiger partial charge in [0.25, 0.3) is 0 Å². The SMILES string of the molecule is CC[C@@H]1OC(=O)[C@H](C)[C@@H](O[C@H]2C[C@@](C)(OC)[C@@H](O)[C@H](C)O2)[C@H](C)[C@@H](O[C@@H]2O[C@H](C)C[C@H](N(C)C)[C@H]2O)[C@@](C)(OCCNCCCc2ccccc2)C[C@@H](C)C(=O)[C@@H](C)[C@@H](O)[C@]1(C)O. The van der Waals surface area contributed by atoms with Crippen LogP contribution in [0.5, 0.6) is 0 Å². The van der Waals surface area contributed by atoms with Crippen molar-refractivity contribution in [2.75, 3.05) is 40.9 Å². The van der Waals surface area contributed by atoms with Crippen molar-refractivity contribution in [1.82, 2.24) is 10.2 Å². The first kappa shape index (κ1) is 53.5. The van der Waals surface area contributed by atoms with E-state index >= 15 is 0 Å². The van der Waals surface area contributed by atoms with E-state index in [9.17, 15) is 30.0 Å². The molecule has 3 aliphatic heterocycles. The van der Waals surface area contributed by atoms with Gasteiger partial charge < -0.3 is 63.8 Å². The van der Waals surface area contributed by atoms with Crippen LogP contribution in [-0.4, -0.2) is 162 Å². The van der Waals surface area contributed by atoms with Gasteiger partial charge in [-0.1, -0.05) is 58.0 Å². The molecule has 0 spiro atoms. The number of benzene rings is 1. The van der Waals surface area contributed by atoms with Crippen molar-refractivity contribution < 1.29 is 63.2 Å². The molecule has 0 saturated carbocycles. The van der Waals surface area contributed by atoms with Crippen molar-refractivity contribution in [3.05, 3.63) is 35.9 Å². The Kier molecular flexibility index (Phi) is 19.6. The fraction of sp³-hybridized carbons (Fsp3) is 0.833. The fourth-order valence-electron chi connectivity index (χ4n) is 10.1. The lowest BCUT2D eigenvalue weighted by molar-refractivity contribution is -0.320. The number of methoxy groups -OCH3 is 1. The molecule has 3 aliphatic rings. The van der Waals surface area contributed by atoms with E-state index in [1.165, 1.54) is 19.6 Å². The van der Waals surface area contributed by atoms with Gasteiger partial charge in [-0.15, -0.1) is 0 Å². The summed E-state index contributed by atoms with van der Waals surface area (Å²) in [6, 6.07) is 9.97. The third-order valence-corrected chi connectivity index (χ3v) is 14.2. The number of nitrogens with one attached hydrogen (secondary N) is 1. The fourth-order valence-corrected chi connectivity index (χ4v) is 10.1. The van der Waals surface area contributed by atoms with Crippen LogP contribution in [0.25, 0.3) is 0 Å². The Labute approximate surface area is 376 Å². The lowest BCUT2D eigenvalue weighted by Crippen LogP contribution is -2.61. The molecule has 362 valence electrons. The molecule has 0 aromatic heterocycles. The average molecular weight is 895 g/mol. The Morgan fingerprint density at radius 2 is 1.54 bits per heavy atom. The quantitative estimate of drug-likeness (QED) is 0.125. The van der Waals surface area contributed by atoms with Gasteiger partial charge in [-0.05, 0) is 99.9 Å². The second-order valence-electron chi connectivity index (χ2n) is 19.6. The van der Waals surface area contributed by atoms with Crippen LogP contribution < -0.4 is 5.32 Å². The highest BCUT2D eigenvalue weighted by Crippen LogP contribution is 2.42. The molecule has 3 fully saturated rings. The molecule has 15 heteroatoms. The molecule has 3 saturated heterocycles. The summed E-state index contributed by atoms with van der Waals surface area (Å²) in [6.45, 7) is 18.7. The van der Waals surface area contributed by atoms with Gasteiger partial charge in [-0.25, -0.2) is 0 Å². The smallest absolute Gasteiger partial charge is 0.311 e. The Morgan fingerprint density at radius 3 is 2.16 bits per heavy atom. The van der Waals surface area contributed by atoms with Crippen LogP contribution in [0.15, 0.2) is 30.3 Å². The van der Waals surface area contributed by atoms with Gasteiger partial charge >= 0.3 is 5.97 Å². The van der Waals surface area contributed by atoms with Crippen LogP contribution in [-0.2, 0) is 49.2 Å². The average Bonchev–Trinajstić information content (AvgIpc) is 3.24. The first-order valence-electron chi connectivity index (χ1n) is 23.2. The highest BCUT2D eigenvalue weighted by molar-refractivity contribution is 5.83. The summed E-state index contributed by atoms with van der Waals surface area (Å²) < 4.78 is 45.4. The summed E-state index contributed by atoms with van der Waals surface area (Å²) in [5.41, 5.74) is -3.10. The van der Waals surface area contributed by atoms with Crippen LogP contribution in [0.3, 0.4) is 0 Å². The maximum atomic E-state index is 14.5. The number of hydrogen-bond donors (Lipinski definition) is 5. The number of aliphatic hydroxyl groups excluding tert-OH is 3. The maximum absolute atomic E-state index is 14.5. The summed E-state index contributed by atoms with van der Waals surface area (Å²) in [5.74, 6) is -4.60. The number of ether oxygens (including phenoxy) is 7. The second kappa shape index (κ2) is 23.1. The van der Waals surface area contributed by atoms with E-state index in [-0.39, 0.29) is 43.8 Å². The number of hydrogen-bond acceptors (Lipinski definition) is 15.